The van der Waals surface area contributed by atoms with Gasteiger partial charge in [0.25, 0.3) is 11.7 Å². The third-order valence-electron chi connectivity index (χ3n) is 8.03. The minimum Gasteiger partial charge on any atom is -0.360 e. The van der Waals surface area contributed by atoms with Gasteiger partial charge in [-0.25, -0.2) is 4.39 Å². The molecule has 1 aromatic heterocycles. The fraction of sp³-hybridized carbons (Fsp3) is 0.455. The number of aliphatic imine (C=N–C) groups is 2. The molecule has 9 nitrogen and oxygen atoms in total. The molecule has 2 N–H and O–H groups in total. The summed E-state index contributed by atoms with van der Waals surface area (Å²) >= 11 is 0. The molecule has 10 heteroatoms. The lowest BCUT2D eigenvalue weighted by Crippen LogP contribution is -2.54. The lowest BCUT2D eigenvalue weighted by atomic mass is 10.0. The number of rotatable bonds is 8. The molecule has 0 radical (unpaired) electrons. The van der Waals surface area contributed by atoms with Crippen molar-refractivity contribution in [3.8, 4) is 0 Å². The van der Waals surface area contributed by atoms with E-state index in [1.54, 1.807) is 4.90 Å². The molecule has 4 heterocycles. The number of aromatic nitrogens is 1. The van der Waals surface area contributed by atoms with E-state index in [9.17, 15) is 14.0 Å². The summed E-state index contributed by atoms with van der Waals surface area (Å²) in [5.41, 5.74) is 1.86. The molecule has 2 aromatic rings. The quantitative estimate of drug-likeness (QED) is 0.356. The zero-order chi connectivity index (χ0) is 30.9. The van der Waals surface area contributed by atoms with Crippen molar-refractivity contribution in [1.29, 1.82) is 0 Å². The van der Waals surface area contributed by atoms with Gasteiger partial charge < -0.3 is 25.0 Å². The van der Waals surface area contributed by atoms with E-state index < -0.39 is 17.5 Å². The summed E-state index contributed by atoms with van der Waals surface area (Å²) in [6.45, 7) is 17.5. The van der Waals surface area contributed by atoms with Gasteiger partial charge in [-0.05, 0) is 46.8 Å². The Bertz CT molecular complexity index is 1370. The van der Waals surface area contributed by atoms with E-state index in [2.05, 4.69) is 62.3 Å². The molecule has 1 atom stereocenters. The minimum atomic E-state index is -0.816. The van der Waals surface area contributed by atoms with Gasteiger partial charge in [0.15, 0.2) is 0 Å². The van der Waals surface area contributed by atoms with Gasteiger partial charge >= 0.3 is 0 Å². The Labute approximate surface area is 254 Å². The molecule has 2 saturated heterocycles. The van der Waals surface area contributed by atoms with Gasteiger partial charge in [-0.15, -0.1) is 0 Å². The molecule has 230 valence electrons. The molecule has 1 amide bonds. The van der Waals surface area contributed by atoms with Crippen molar-refractivity contribution in [1.82, 2.24) is 25.0 Å². The van der Waals surface area contributed by atoms with E-state index in [1.165, 1.54) is 31.0 Å². The summed E-state index contributed by atoms with van der Waals surface area (Å²) in [6, 6.07) is 10.1. The van der Waals surface area contributed by atoms with Crippen LogP contribution < -0.4 is 5.32 Å². The van der Waals surface area contributed by atoms with Gasteiger partial charge in [0.2, 0.25) is 0 Å². The lowest BCUT2D eigenvalue weighted by molar-refractivity contribution is -0.130. The molecule has 2 fully saturated rings. The fourth-order valence-electron chi connectivity index (χ4n) is 5.60. The maximum absolute atomic E-state index is 14.6. The number of amidine groups is 2. The number of likely N-dealkylation sites (tertiary alicyclic amines) is 1. The van der Waals surface area contributed by atoms with Crippen LogP contribution in [-0.2, 0) is 4.79 Å². The highest BCUT2D eigenvalue weighted by molar-refractivity contribution is 6.44. The average Bonchev–Trinajstić information content (AvgIpc) is 3.66. The molecule has 0 spiro atoms. The topological polar surface area (TPSA) is 96.4 Å². The van der Waals surface area contributed by atoms with Crippen molar-refractivity contribution in [2.45, 2.75) is 39.2 Å². The number of H-pyrrole nitrogens is 1. The predicted octanol–water partition coefficient (Wildman–Crippen LogP) is 4.19. The van der Waals surface area contributed by atoms with Gasteiger partial charge in [-0.1, -0.05) is 55.5 Å². The lowest BCUT2D eigenvalue weighted by Gasteiger charge is -2.37. The van der Waals surface area contributed by atoms with Crippen LogP contribution >= 0.6 is 0 Å². The summed E-state index contributed by atoms with van der Waals surface area (Å²) in [6.07, 6.45) is 5.13. The van der Waals surface area contributed by atoms with Gasteiger partial charge in [0.1, 0.15) is 17.5 Å². The van der Waals surface area contributed by atoms with Crippen molar-refractivity contribution in [2.75, 3.05) is 59.4 Å². The number of hydrogen-bond donors (Lipinski definition) is 2. The van der Waals surface area contributed by atoms with Crippen LogP contribution in [0.4, 0.5) is 4.39 Å². The minimum absolute atomic E-state index is 0.0520. The molecular weight excluding hydrogens is 545 g/mol. The fourth-order valence-corrected chi connectivity index (χ4v) is 5.60. The van der Waals surface area contributed by atoms with Crippen molar-refractivity contribution in [3.05, 3.63) is 72.1 Å². The number of hydrogen-bond acceptors (Lipinski definition) is 6. The second kappa shape index (κ2) is 15.0. The number of aromatic amines is 1. The molecule has 3 aliphatic heterocycles. The number of likely N-dealkylation sites (N-methyl/N-ethyl adjacent to an activating group) is 1. The monoisotopic (exact) mass is 589 g/mol. The summed E-state index contributed by atoms with van der Waals surface area (Å²) < 4.78 is 14.6. The van der Waals surface area contributed by atoms with E-state index in [4.69, 9.17) is 0 Å². The molecule has 0 saturated carbocycles. The number of piperazine rings is 1. The molecule has 5 rings (SSSR count). The van der Waals surface area contributed by atoms with Crippen LogP contribution in [0.15, 0.2) is 59.7 Å². The number of halogens is 1. The predicted molar refractivity (Wildman–Crippen MR) is 172 cm³/mol. The molecule has 1 aromatic carbocycles. The number of carbonyl (C=O) groups is 2. The maximum atomic E-state index is 14.6. The number of amides is 1. The molecule has 0 aliphatic carbocycles. The van der Waals surface area contributed by atoms with Crippen LogP contribution in [-0.4, -0.2) is 108 Å². The number of nitrogens with one attached hydrogen (secondary N) is 2. The van der Waals surface area contributed by atoms with E-state index in [0.717, 1.165) is 25.5 Å². The number of nitrogens with zero attached hydrogens (tertiary/aromatic N) is 5. The Morgan fingerprint density at radius 3 is 2.44 bits per heavy atom. The molecule has 43 heavy (non-hydrogen) atoms. The standard InChI is InChI=1S/C26H36FN7O2.C7H8/c1-17-16-32(4)12-13-34(17)26(36)24(35)20-14-29-23(22(20)19(3)27)18(2)25-30-15-21(31-25)28-8-11-33-9-6-5-7-10-33;1-7-5-3-2-4-6-7/h14,17,29H,2-3,5-13,15-16H2,1,4H3,(H,28,30,31);2-6H,1H3/t17-;/m1./s1. The Balaban J connectivity index is 0.000000530. The second-order valence-corrected chi connectivity index (χ2v) is 11.4. The highest BCUT2D eigenvalue weighted by Gasteiger charge is 2.34. The molecular formula is C33H44FN7O2. The highest BCUT2D eigenvalue weighted by atomic mass is 19.1. The Morgan fingerprint density at radius 2 is 1.81 bits per heavy atom. The van der Waals surface area contributed by atoms with Crippen LogP contribution in [0.5, 0.6) is 0 Å². The van der Waals surface area contributed by atoms with Crippen molar-refractivity contribution in [2.24, 2.45) is 9.98 Å². The zero-order valence-corrected chi connectivity index (χ0v) is 25.7. The summed E-state index contributed by atoms with van der Waals surface area (Å²) in [4.78, 5) is 44.2. The smallest absolute Gasteiger partial charge is 0.295 e. The van der Waals surface area contributed by atoms with Gasteiger partial charge in [0.05, 0.1) is 24.3 Å². The maximum Gasteiger partial charge on any atom is 0.295 e. The van der Waals surface area contributed by atoms with Crippen molar-refractivity contribution in [3.63, 3.8) is 0 Å². The van der Waals surface area contributed by atoms with E-state index in [0.29, 0.717) is 44.1 Å². The van der Waals surface area contributed by atoms with Gasteiger partial charge in [-0.2, -0.15) is 0 Å². The summed E-state index contributed by atoms with van der Waals surface area (Å²) in [7, 11) is 1.97. The average molecular weight is 590 g/mol. The van der Waals surface area contributed by atoms with E-state index >= 15 is 0 Å². The molecule has 3 aliphatic rings. The van der Waals surface area contributed by atoms with E-state index in [-0.39, 0.29) is 22.9 Å². The Morgan fingerprint density at radius 1 is 1.09 bits per heavy atom. The molecule has 0 bridgehead atoms. The first kappa shape index (κ1) is 32.0. The number of piperidine rings is 1. The van der Waals surface area contributed by atoms with Crippen LogP contribution in [0, 0.1) is 6.92 Å². The number of carbonyl (C=O) groups excluding carboxylic acids is 2. The van der Waals surface area contributed by atoms with Gasteiger partial charge in [-0.3, -0.25) is 19.6 Å². The van der Waals surface area contributed by atoms with E-state index in [1.807, 2.05) is 32.2 Å². The normalized spacial score (nSPS) is 20.2. The van der Waals surface area contributed by atoms with Crippen LogP contribution in [0.25, 0.3) is 11.4 Å². The second-order valence-electron chi connectivity index (χ2n) is 11.4. The largest absolute Gasteiger partial charge is 0.360 e. The summed E-state index contributed by atoms with van der Waals surface area (Å²) in [5, 5.41) is 3.16. The van der Waals surface area contributed by atoms with Crippen LogP contribution in [0.2, 0.25) is 0 Å². The first-order valence-corrected chi connectivity index (χ1v) is 15.0. The first-order valence-electron chi connectivity index (χ1n) is 15.0. The van der Waals surface area contributed by atoms with Crippen LogP contribution in [0.3, 0.4) is 0 Å². The SMILES string of the molecule is C=C(C1=NCC(=NCCN2CCCCC2)N1)c1[nH]cc(C(=O)C(=O)N2CCN(C)C[C@H]2C)c1C(=C)F.Cc1ccccc1. The van der Waals surface area contributed by atoms with Crippen LogP contribution in [0.1, 0.15) is 53.4 Å². The third kappa shape index (κ3) is 8.36. The van der Waals surface area contributed by atoms with Crippen molar-refractivity contribution < 1.29 is 14.0 Å². The number of Topliss-reactive ketones (excluding diaryl/α,β-unsaturated/α-hetero) is 1. The van der Waals surface area contributed by atoms with Gasteiger partial charge in [0, 0.05) is 49.6 Å². The third-order valence-corrected chi connectivity index (χ3v) is 8.03. The number of aryl methyl sites for hydroxylation is 1. The molecule has 0 unspecified atom stereocenters. The number of benzene rings is 1. The van der Waals surface area contributed by atoms with Crippen molar-refractivity contribution >= 4 is 34.8 Å². The Hall–Kier alpha value is -3.89. The zero-order valence-electron chi connectivity index (χ0n) is 25.7. The first-order chi connectivity index (χ1) is 20.7. The highest BCUT2D eigenvalue weighted by Crippen LogP contribution is 2.29. The summed E-state index contributed by atoms with van der Waals surface area (Å²) in [5.74, 6) is -1.05. The number of ketones is 1. The Kier molecular flexibility index (Phi) is 11.2.